The first kappa shape index (κ1) is 16.8. The van der Waals surface area contributed by atoms with Crippen LogP contribution in [-0.4, -0.2) is 32.1 Å². The molecule has 0 saturated carbocycles. The third-order valence-electron chi connectivity index (χ3n) is 2.68. The Morgan fingerprint density at radius 1 is 1.38 bits per heavy atom. The van der Waals surface area contributed by atoms with E-state index < -0.39 is 24.4 Å². The maximum Gasteiger partial charge on any atom is 0.387 e. The molecule has 8 heteroatoms. The molecule has 0 aliphatic heterocycles. The molecule has 1 aromatic rings. The van der Waals surface area contributed by atoms with Crippen molar-refractivity contribution in [1.82, 2.24) is 0 Å². The maximum atomic E-state index is 12.4. The molecule has 0 aliphatic rings. The summed E-state index contributed by atoms with van der Waals surface area (Å²) in [7, 11) is 1.16. The van der Waals surface area contributed by atoms with Crippen molar-refractivity contribution in [3.63, 3.8) is 0 Å². The predicted octanol–water partition coefficient (Wildman–Crippen LogP) is 1.61. The van der Waals surface area contributed by atoms with Crippen LogP contribution in [0.25, 0.3) is 0 Å². The molecule has 0 saturated heterocycles. The molecule has 0 spiro atoms. The molecular weight excluding hydrogens is 286 g/mol. The third kappa shape index (κ3) is 4.67. The molecule has 0 fully saturated rings. The standard InChI is InChI=1S/C13H16F2N2O4/c1-7(6-16)11(18)17-9-4-3-8(12(19)20-2)5-10(9)21-13(14)15/h3-5,7,13H,6,16H2,1-2H3,(H,17,18). The fourth-order valence-corrected chi connectivity index (χ4v) is 1.43. The van der Waals surface area contributed by atoms with Gasteiger partial charge in [-0.15, -0.1) is 0 Å². The van der Waals surface area contributed by atoms with Crippen LogP contribution in [0.4, 0.5) is 14.5 Å². The molecule has 1 rings (SSSR count). The molecule has 0 radical (unpaired) electrons. The Hall–Kier alpha value is -2.22. The summed E-state index contributed by atoms with van der Waals surface area (Å²) in [5.41, 5.74) is 5.40. The van der Waals surface area contributed by atoms with Crippen molar-refractivity contribution >= 4 is 17.6 Å². The van der Waals surface area contributed by atoms with Crippen LogP contribution in [-0.2, 0) is 9.53 Å². The number of halogens is 2. The van der Waals surface area contributed by atoms with E-state index >= 15 is 0 Å². The Kier molecular flexibility index (Phi) is 6.04. The molecule has 1 aromatic carbocycles. The lowest BCUT2D eigenvalue weighted by molar-refractivity contribution is -0.119. The Morgan fingerprint density at radius 2 is 2.05 bits per heavy atom. The third-order valence-corrected chi connectivity index (χ3v) is 2.68. The van der Waals surface area contributed by atoms with Gasteiger partial charge in [0.05, 0.1) is 18.4 Å². The quantitative estimate of drug-likeness (QED) is 0.779. The SMILES string of the molecule is COC(=O)c1ccc(NC(=O)C(C)CN)c(OC(F)F)c1. The fourth-order valence-electron chi connectivity index (χ4n) is 1.43. The smallest absolute Gasteiger partial charge is 0.387 e. The number of esters is 1. The number of hydrogen-bond acceptors (Lipinski definition) is 5. The molecular formula is C13H16F2N2O4. The van der Waals surface area contributed by atoms with Crippen molar-refractivity contribution in [2.24, 2.45) is 11.7 Å². The number of alkyl halides is 2. The van der Waals surface area contributed by atoms with E-state index in [4.69, 9.17) is 5.73 Å². The summed E-state index contributed by atoms with van der Waals surface area (Å²) in [5.74, 6) is -1.97. The summed E-state index contributed by atoms with van der Waals surface area (Å²) in [6.07, 6.45) is 0. The maximum absolute atomic E-state index is 12.4. The van der Waals surface area contributed by atoms with E-state index in [9.17, 15) is 18.4 Å². The minimum absolute atomic E-state index is 0.0215. The van der Waals surface area contributed by atoms with Crippen LogP contribution in [0, 0.1) is 5.92 Å². The topological polar surface area (TPSA) is 90.7 Å². The summed E-state index contributed by atoms with van der Waals surface area (Å²) in [5, 5.41) is 2.42. The van der Waals surface area contributed by atoms with Gasteiger partial charge in [0, 0.05) is 12.5 Å². The molecule has 116 valence electrons. The minimum Gasteiger partial charge on any atom is -0.465 e. The van der Waals surface area contributed by atoms with Crippen molar-refractivity contribution in [3.05, 3.63) is 23.8 Å². The zero-order valence-electron chi connectivity index (χ0n) is 11.6. The number of amides is 1. The first-order chi connectivity index (χ1) is 9.88. The first-order valence-corrected chi connectivity index (χ1v) is 6.07. The summed E-state index contributed by atoms with van der Waals surface area (Å²) in [4.78, 5) is 23.1. The normalized spacial score (nSPS) is 11.9. The monoisotopic (exact) mass is 302 g/mol. The van der Waals surface area contributed by atoms with Gasteiger partial charge in [0.15, 0.2) is 0 Å². The molecule has 1 atom stereocenters. The zero-order valence-corrected chi connectivity index (χ0v) is 11.6. The fraction of sp³-hybridized carbons (Fsp3) is 0.385. The number of methoxy groups -OCH3 is 1. The second-order valence-corrected chi connectivity index (χ2v) is 4.21. The molecule has 6 nitrogen and oxygen atoms in total. The van der Waals surface area contributed by atoms with Gasteiger partial charge in [0.25, 0.3) is 0 Å². The summed E-state index contributed by atoms with van der Waals surface area (Å²) >= 11 is 0. The molecule has 1 unspecified atom stereocenters. The number of nitrogens with two attached hydrogens (primary N) is 1. The molecule has 0 aliphatic carbocycles. The van der Waals surface area contributed by atoms with Gasteiger partial charge in [-0.2, -0.15) is 8.78 Å². The van der Waals surface area contributed by atoms with Crippen LogP contribution in [0.3, 0.4) is 0 Å². The van der Waals surface area contributed by atoms with E-state index in [2.05, 4.69) is 14.8 Å². The minimum atomic E-state index is -3.10. The number of nitrogens with one attached hydrogen (secondary N) is 1. The lowest BCUT2D eigenvalue weighted by Crippen LogP contribution is -2.27. The second-order valence-electron chi connectivity index (χ2n) is 4.21. The zero-order chi connectivity index (χ0) is 16.0. The number of rotatable bonds is 6. The average Bonchev–Trinajstić information content (AvgIpc) is 2.46. The Bertz CT molecular complexity index is 523. The molecule has 0 heterocycles. The highest BCUT2D eigenvalue weighted by Crippen LogP contribution is 2.28. The van der Waals surface area contributed by atoms with E-state index in [1.54, 1.807) is 6.92 Å². The van der Waals surface area contributed by atoms with Crippen LogP contribution >= 0.6 is 0 Å². The van der Waals surface area contributed by atoms with Gasteiger partial charge in [-0.1, -0.05) is 6.92 Å². The summed E-state index contributed by atoms with van der Waals surface area (Å²) in [6, 6.07) is 3.68. The van der Waals surface area contributed by atoms with Crippen LogP contribution in [0.1, 0.15) is 17.3 Å². The van der Waals surface area contributed by atoms with Crippen LogP contribution < -0.4 is 15.8 Å². The predicted molar refractivity (Wildman–Crippen MR) is 71.3 cm³/mol. The van der Waals surface area contributed by atoms with Gasteiger partial charge < -0.3 is 20.5 Å². The summed E-state index contributed by atoms with van der Waals surface area (Å²) in [6.45, 7) is -1.40. The Balaban J connectivity index is 3.07. The van der Waals surface area contributed by atoms with Crippen molar-refractivity contribution in [1.29, 1.82) is 0 Å². The van der Waals surface area contributed by atoms with Gasteiger partial charge >= 0.3 is 12.6 Å². The molecule has 3 N–H and O–H groups in total. The molecule has 0 aromatic heterocycles. The van der Waals surface area contributed by atoms with E-state index in [0.717, 1.165) is 13.2 Å². The summed E-state index contributed by atoms with van der Waals surface area (Å²) < 4.78 is 33.6. The van der Waals surface area contributed by atoms with Crippen molar-refractivity contribution < 1.29 is 27.8 Å². The van der Waals surface area contributed by atoms with Gasteiger partial charge in [-0.25, -0.2) is 4.79 Å². The highest BCUT2D eigenvalue weighted by Gasteiger charge is 2.18. The van der Waals surface area contributed by atoms with Gasteiger partial charge in [0.1, 0.15) is 5.75 Å². The van der Waals surface area contributed by atoms with E-state index in [1.165, 1.54) is 12.1 Å². The van der Waals surface area contributed by atoms with E-state index in [1.807, 2.05) is 0 Å². The Morgan fingerprint density at radius 3 is 2.57 bits per heavy atom. The van der Waals surface area contributed by atoms with E-state index in [-0.39, 0.29) is 23.5 Å². The number of hydrogen-bond donors (Lipinski definition) is 2. The second kappa shape index (κ2) is 7.53. The number of carbonyl (C=O) groups excluding carboxylic acids is 2. The molecule has 1 amide bonds. The highest BCUT2D eigenvalue weighted by molar-refractivity contribution is 5.96. The Labute approximate surface area is 120 Å². The van der Waals surface area contributed by atoms with E-state index in [0.29, 0.717) is 0 Å². The molecule has 0 bridgehead atoms. The lowest BCUT2D eigenvalue weighted by Gasteiger charge is -2.15. The largest absolute Gasteiger partial charge is 0.465 e. The van der Waals surface area contributed by atoms with Crippen LogP contribution in [0.5, 0.6) is 5.75 Å². The van der Waals surface area contributed by atoms with Gasteiger partial charge in [0.2, 0.25) is 5.91 Å². The van der Waals surface area contributed by atoms with Crippen molar-refractivity contribution in [3.8, 4) is 5.75 Å². The lowest BCUT2D eigenvalue weighted by atomic mass is 10.1. The number of benzene rings is 1. The van der Waals surface area contributed by atoms with Crippen molar-refractivity contribution in [2.75, 3.05) is 19.0 Å². The number of anilines is 1. The first-order valence-electron chi connectivity index (χ1n) is 6.07. The van der Waals surface area contributed by atoms with Crippen molar-refractivity contribution in [2.45, 2.75) is 13.5 Å². The van der Waals surface area contributed by atoms with Crippen LogP contribution in [0.15, 0.2) is 18.2 Å². The van der Waals surface area contributed by atoms with Gasteiger partial charge in [-0.3, -0.25) is 4.79 Å². The van der Waals surface area contributed by atoms with Gasteiger partial charge in [-0.05, 0) is 18.2 Å². The molecule has 21 heavy (non-hydrogen) atoms. The number of ether oxygens (including phenoxy) is 2. The highest BCUT2D eigenvalue weighted by atomic mass is 19.3. The van der Waals surface area contributed by atoms with Crippen LogP contribution in [0.2, 0.25) is 0 Å². The number of carbonyl (C=O) groups is 2. The average molecular weight is 302 g/mol.